The number of nitrogens with zero attached hydrogens (tertiary/aromatic N) is 2. The summed E-state index contributed by atoms with van der Waals surface area (Å²) in [5.41, 5.74) is 1.68. The van der Waals surface area contributed by atoms with Crippen molar-refractivity contribution in [2.24, 2.45) is 5.92 Å². The molecule has 1 fully saturated rings. The molecule has 4 rings (SSSR count). The highest BCUT2D eigenvalue weighted by Crippen LogP contribution is 2.47. The Kier molecular flexibility index (Phi) is 7.87. The lowest BCUT2D eigenvalue weighted by Crippen LogP contribution is -2.39. The molecule has 1 unspecified atom stereocenters. The number of likely N-dealkylation sites (tertiary alicyclic amines) is 1. The van der Waals surface area contributed by atoms with Crippen LogP contribution in [0.25, 0.3) is 0 Å². The number of carbonyl (C=O) groups is 1. The van der Waals surface area contributed by atoms with Gasteiger partial charge >= 0.3 is 5.97 Å². The van der Waals surface area contributed by atoms with E-state index in [1.54, 1.807) is 13.2 Å². The minimum absolute atomic E-state index is 0.136. The number of aliphatic carboxylic acids is 1. The summed E-state index contributed by atoms with van der Waals surface area (Å²) in [4.78, 5) is 14.8. The highest BCUT2D eigenvalue weighted by Gasteiger charge is 2.47. The van der Waals surface area contributed by atoms with Gasteiger partial charge in [0.25, 0.3) is 0 Å². The zero-order chi connectivity index (χ0) is 25.9. The van der Waals surface area contributed by atoms with Crippen LogP contribution in [0.1, 0.15) is 36.4 Å². The van der Waals surface area contributed by atoms with Crippen molar-refractivity contribution in [1.29, 1.82) is 0 Å². The Morgan fingerprint density at radius 3 is 2.50 bits per heavy atom. The number of hydrogen-bond donors (Lipinski definition) is 1. The lowest BCUT2D eigenvalue weighted by atomic mass is 9.82. The van der Waals surface area contributed by atoms with Gasteiger partial charge in [-0.25, -0.2) is 8.42 Å². The van der Waals surface area contributed by atoms with Crippen molar-refractivity contribution < 1.29 is 32.5 Å². The van der Waals surface area contributed by atoms with E-state index >= 15 is 0 Å². The molecule has 2 heterocycles. The molecule has 0 saturated carbocycles. The van der Waals surface area contributed by atoms with Crippen LogP contribution in [-0.2, 0) is 14.8 Å². The van der Waals surface area contributed by atoms with Gasteiger partial charge in [-0.1, -0.05) is 31.7 Å². The summed E-state index contributed by atoms with van der Waals surface area (Å²) >= 11 is 0. The van der Waals surface area contributed by atoms with Crippen LogP contribution in [0.5, 0.6) is 17.2 Å². The van der Waals surface area contributed by atoms with Crippen LogP contribution in [0, 0.1) is 5.92 Å². The third kappa shape index (κ3) is 5.21. The van der Waals surface area contributed by atoms with E-state index in [1.165, 1.54) is 4.31 Å². The molecule has 1 saturated heterocycles. The number of fused-ring (bicyclic) bond motifs is 1. The van der Waals surface area contributed by atoms with Crippen LogP contribution >= 0.6 is 0 Å². The van der Waals surface area contributed by atoms with E-state index in [2.05, 4.69) is 11.5 Å². The first kappa shape index (κ1) is 26.0. The fourth-order valence-electron chi connectivity index (χ4n) is 5.10. The standard InChI is InChI=1S/C26H32N2O7S/c1-4-12-28(36(31,32)5-2)14-13-27-16-21(19-8-11-22-23(15-19)35-17-34-22)24(26(29)30)25(27)18-6-9-20(33-3)10-7-18/h5-11,15,21,24-25H,2,4,12-14,16-17H2,1,3H3,(H,29,30)/t21?,24-,25+/m0/s1. The average Bonchev–Trinajstić information content (AvgIpc) is 3.50. The maximum atomic E-state index is 12.7. The summed E-state index contributed by atoms with van der Waals surface area (Å²) in [5, 5.41) is 11.4. The third-order valence-corrected chi connectivity index (χ3v) is 8.35. The summed E-state index contributed by atoms with van der Waals surface area (Å²) in [6.07, 6.45) is 0.659. The highest BCUT2D eigenvalue weighted by atomic mass is 32.2. The predicted molar refractivity (Wildman–Crippen MR) is 135 cm³/mol. The van der Waals surface area contributed by atoms with Crippen LogP contribution in [0.2, 0.25) is 0 Å². The molecule has 0 radical (unpaired) electrons. The predicted octanol–water partition coefficient (Wildman–Crippen LogP) is 3.45. The van der Waals surface area contributed by atoms with Crippen molar-refractivity contribution in [3.8, 4) is 17.2 Å². The first-order chi connectivity index (χ1) is 17.3. The van der Waals surface area contributed by atoms with Crippen LogP contribution in [0.4, 0.5) is 0 Å². The van der Waals surface area contributed by atoms with Crippen LogP contribution in [-0.4, -0.2) is 68.8 Å². The number of sulfonamides is 1. The number of carboxylic acids is 1. The summed E-state index contributed by atoms with van der Waals surface area (Å²) < 4.78 is 42.7. The van der Waals surface area contributed by atoms with Gasteiger partial charge in [0.2, 0.25) is 16.8 Å². The number of benzene rings is 2. The lowest BCUT2D eigenvalue weighted by molar-refractivity contribution is -0.143. The molecule has 0 aromatic heterocycles. The number of ether oxygens (including phenoxy) is 3. The Bertz CT molecular complexity index is 1200. The van der Waals surface area contributed by atoms with Gasteiger partial charge in [-0.2, -0.15) is 4.31 Å². The molecule has 10 heteroatoms. The molecular formula is C26H32N2O7S. The molecule has 36 heavy (non-hydrogen) atoms. The Balaban J connectivity index is 1.69. The van der Waals surface area contributed by atoms with E-state index in [0.717, 1.165) is 16.5 Å². The molecule has 1 N–H and O–H groups in total. The first-order valence-corrected chi connectivity index (χ1v) is 13.4. The first-order valence-electron chi connectivity index (χ1n) is 11.9. The van der Waals surface area contributed by atoms with Crippen molar-refractivity contribution in [1.82, 2.24) is 9.21 Å². The number of hydrogen-bond acceptors (Lipinski definition) is 7. The molecule has 9 nitrogen and oxygen atoms in total. The molecule has 0 spiro atoms. The largest absolute Gasteiger partial charge is 0.497 e. The smallest absolute Gasteiger partial charge is 0.309 e. The molecule has 194 valence electrons. The Morgan fingerprint density at radius 1 is 1.17 bits per heavy atom. The van der Waals surface area contributed by atoms with Gasteiger partial charge in [0, 0.05) is 43.5 Å². The SMILES string of the molecule is C=CS(=O)(=O)N(CCC)CCN1CC(c2ccc3c(c2)OCO3)[C@H](C(=O)O)[C@H]1c1ccc(OC)cc1. The number of rotatable bonds is 11. The molecule has 3 atom stereocenters. The Hall–Kier alpha value is -3.08. The minimum Gasteiger partial charge on any atom is -0.497 e. The van der Waals surface area contributed by atoms with E-state index in [9.17, 15) is 18.3 Å². The molecule has 2 aliphatic heterocycles. The fraction of sp³-hybridized carbons (Fsp3) is 0.423. The monoisotopic (exact) mass is 516 g/mol. The Morgan fingerprint density at radius 2 is 1.86 bits per heavy atom. The molecular weight excluding hydrogens is 484 g/mol. The van der Waals surface area contributed by atoms with Crippen molar-refractivity contribution in [3.05, 3.63) is 65.6 Å². The summed E-state index contributed by atoms with van der Waals surface area (Å²) in [5.74, 6) is -0.0905. The molecule has 0 bridgehead atoms. The van der Waals surface area contributed by atoms with E-state index in [-0.39, 0.29) is 19.3 Å². The average molecular weight is 517 g/mol. The van der Waals surface area contributed by atoms with E-state index < -0.39 is 28.0 Å². The maximum absolute atomic E-state index is 12.7. The highest BCUT2D eigenvalue weighted by molar-refractivity contribution is 7.92. The fourth-order valence-corrected chi connectivity index (χ4v) is 6.09. The van der Waals surface area contributed by atoms with Gasteiger partial charge in [0.15, 0.2) is 11.5 Å². The van der Waals surface area contributed by atoms with Crippen LogP contribution < -0.4 is 14.2 Å². The molecule has 0 aliphatic carbocycles. The van der Waals surface area contributed by atoms with E-state index in [0.29, 0.717) is 43.3 Å². The van der Waals surface area contributed by atoms with Gasteiger partial charge in [-0.15, -0.1) is 0 Å². The van der Waals surface area contributed by atoms with Crippen LogP contribution in [0.15, 0.2) is 54.5 Å². The topological polar surface area (TPSA) is 106 Å². The third-order valence-electron chi connectivity index (χ3n) is 6.85. The zero-order valence-electron chi connectivity index (χ0n) is 20.5. The van der Waals surface area contributed by atoms with Crippen molar-refractivity contribution in [3.63, 3.8) is 0 Å². The second kappa shape index (κ2) is 10.9. The minimum atomic E-state index is -3.60. The van der Waals surface area contributed by atoms with Gasteiger partial charge < -0.3 is 19.3 Å². The Labute approximate surface area is 211 Å². The molecule has 2 aromatic rings. The lowest BCUT2D eigenvalue weighted by Gasteiger charge is -2.29. The molecule has 2 aliphatic rings. The van der Waals surface area contributed by atoms with E-state index in [4.69, 9.17) is 14.2 Å². The quantitative estimate of drug-likeness (QED) is 0.484. The summed E-state index contributed by atoms with van der Waals surface area (Å²) in [6, 6.07) is 12.5. The van der Waals surface area contributed by atoms with Crippen molar-refractivity contribution in [2.45, 2.75) is 25.3 Å². The molecule has 2 aromatic carbocycles. The van der Waals surface area contributed by atoms with Gasteiger partial charge in [-0.05, 0) is 41.8 Å². The van der Waals surface area contributed by atoms with Crippen molar-refractivity contribution >= 4 is 16.0 Å². The zero-order valence-corrected chi connectivity index (χ0v) is 21.3. The second-order valence-corrected chi connectivity index (χ2v) is 10.8. The number of methoxy groups -OCH3 is 1. The van der Waals surface area contributed by atoms with E-state index in [1.807, 2.05) is 43.3 Å². The van der Waals surface area contributed by atoms with Gasteiger partial charge in [0.05, 0.1) is 13.0 Å². The second-order valence-electron chi connectivity index (χ2n) is 8.91. The van der Waals surface area contributed by atoms with Gasteiger partial charge in [-0.3, -0.25) is 9.69 Å². The molecule has 0 amide bonds. The maximum Gasteiger partial charge on any atom is 0.309 e. The number of carboxylic acid groups (broad SMARTS) is 1. The van der Waals surface area contributed by atoms with Crippen molar-refractivity contribution in [2.75, 3.05) is 40.1 Å². The van der Waals surface area contributed by atoms with Gasteiger partial charge in [0.1, 0.15) is 5.75 Å². The van der Waals surface area contributed by atoms with Crippen LogP contribution in [0.3, 0.4) is 0 Å². The summed E-state index contributed by atoms with van der Waals surface area (Å²) in [7, 11) is -2.02. The normalized spacial score (nSPS) is 21.6. The summed E-state index contributed by atoms with van der Waals surface area (Å²) in [6.45, 7) is 6.92.